The normalized spacial score (nSPS) is 11.9. The fraction of sp³-hybridized carbons (Fsp3) is 0.421. The van der Waals surface area contributed by atoms with Gasteiger partial charge in [0.25, 0.3) is 0 Å². The number of hydrogen-bond acceptors (Lipinski definition) is 4. The summed E-state index contributed by atoms with van der Waals surface area (Å²) in [4.78, 5) is 13.1. The average molecular weight is 346 g/mol. The van der Waals surface area contributed by atoms with Gasteiger partial charge in [0.15, 0.2) is 0 Å². The molecule has 0 aliphatic carbocycles. The zero-order valence-corrected chi connectivity index (χ0v) is 15.2. The second kappa shape index (κ2) is 9.33. The first-order chi connectivity index (χ1) is 11.6. The molecule has 0 bridgehead atoms. The lowest BCUT2D eigenvalue weighted by Gasteiger charge is -2.14. The fourth-order valence-electron chi connectivity index (χ4n) is 2.69. The van der Waals surface area contributed by atoms with Crippen LogP contribution in [0.4, 0.5) is 16.2 Å². The van der Waals surface area contributed by atoms with Crippen LogP contribution in [0.1, 0.15) is 39.5 Å². The van der Waals surface area contributed by atoms with Gasteiger partial charge in [-0.25, -0.2) is 4.79 Å². The Hall–Kier alpha value is -2.01. The van der Waals surface area contributed by atoms with Gasteiger partial charge in [-0.2, -0.15) is 0 Å². The van der Waals surface area contributed by atoms with Crippen molar-refractivity contribution in [2.45, 2.75) is 39.5 Å². The van der Waals surface area contributed by atoms with Crippen molar-refractivity contribution < 1.29 is 9.53 Å². The van der Waals surface area contributed by atoms with Crippen LogP contribution >= 0.6 is 11.3 Å². The minimum absolute atomic E-state index is 0.439. The molecule has 2 aromatic rings. The monoisotopic (exact) mass is 346 g/mol. The summed E-state index contributed by atoms with van der Waals surface area (Å²) in [5.41, 5.74) is 8.11. The van der Waals surface area contributed by atoms with Crippen LogP contribution in [0.3, 0.4) is 0 Å². The predicted molar refractivity (Wildman–Crippen MR) is 102 cm³/mol. The summed E-state index contributed by atoms with van der Waals surface area (Å²) < 4.78 is 5.31. The van der Waals surface area contributed by atoms with Crippen LogP contribution in [0, 0.1) is 5.92 Å². The lowest BCUT2D eigenvalue weighted by Crippen LogP contribution is -2.16. The van der Waals surface area contributed by atoms with Crippen LogP contribution in [0.5, 0.6) is 0 Å². The summed E-state index contributed by atoms with van der Waals surface area (Å²) in [7, 11) is 0. The van der Waals surface area contributed by atoms with Gasteiger partial charge in [0.1, 0.15) is 0 Å². The third-order valence-electron chi connectivity index (χ3n) is 4.13. The van der Waals surface area contributed by atoms with Crippen molar-refractivity contribution in [2.24, 2.45) is 5.92 Å². The van der Waals surface area contributed by atoms with Gasteiger partial charge in [0, 0.05) is 4.88 Å². The maximum atomic E-state index is 12.0. The number of amides is 1. The van der Waals surface area contributed by atoms with Gasteiger partial charge in [-0.05, 0) is 41.5 Å². The molecule has 2 rings (SSSR count). The number of carbonyl (C=O) groups excluding carboxylic acids is 1. The molecular weight excluding hydrogens is 320 g/mol. The van der Waals surface area contributed by atoms with Crippen LogP contribution in [-0.4, -0.2) is 12.7 Å². The van der Waals surface area contributed by atoms with E-state index in [0.717, 1.165) is 29.7 Å². The molecule has 1 aromatic carbocycles. The fourth-order valence-corrected chi connectivity index (χ4v) is 3.41. The Morgan fingerprint density at radius 3 is 2.79 bits per heavy atom. The maximum Gasteiger partial charge on any atom is 0.411 e. The van der Waals surface area contributed by atoms with E-state index in [-0.39, 0.29) is 0 Å². The number of nitrogens with one attached hydrogen (secondary N) is 1. The minimum Gasteiger partial charge on any atom is -0.449 e. The first-order valence-electron chi connectivity index (χ1n) is 8.51. The highest BCUT2D eigenvalue weighted by Crippen LogP contribution is 2.30. The Bertz CT molecular complexity index is 641. The quantitative estimate of drug-likeness (QED) is 0.597. The average Bonchev–Trinajstić information content (AvgIpc) is 3.10. The maximum absolute atomic E-state index is 12.0. The molecule has 4 nitrogen and oxygen atoms in total. The Balaban J connectivity index is 1.90. The summed E-state index contributed by atoms with van der Waals surface area (Å²) in [5, 5.41) is 4.78. The Kier molecular flexibility index (Phi) is 7.12. The highest BCUT2D eigenvalue weighted by atomic mass is 32.1. The molecule has 1 heterocycles. The zero-order valence-electron chi connectivity index (χ0n) is 14.4. The third kappa shape index (κ3) is 5.27. The van der Waals surface area contributed by atoms with Gasteiger partial charge in [-0.1, -0.05) is 45.2 Å². The van der Waals surface area contributed by atoms with Gasteiger partial charge < -0.3 is 10.5 Å². The molecule has 1 unspecified atom stereocenters. The van der Waals surface area contributed by atoms with E-state index in [1.54, 1.807) is 17.4 Å². The molecule has 1 atom stereocenters. The van der Waals surface area contributed by atoms with Crippen molar-refractivity contribution in [1.29, 1.82) is 0 Å². The van der Waals surface area contributed by atoms with Crippen LogP contribution in [0.15, 0.2) is 35.7 Å². The van der Waals surface area contributed by atoms with E-state index in [0.29, 0.717) is 23.9 Å². The lowest BCUT2D eigenvalue weighted by atomic mass is 9.98. The molecule has 1 aromatic heterocycles. The van der Waals surface area contributed by atoms with Crippen LogP contribution < -0.4 is 11.1 Å². The molecule has 0 saturated heterocycles. The molecule has 1 amide bonds. The molecule has 0 spiro atoms. The second-order valence-electron chi connectivity index (χ2n) is 5.89. The van der Waals surface area contributed by atoms with Crippen LogP contribution in [0.2, 0.25) is 0 Å². The standard InChI is InChI=1S/C19H26N2O2S/c1-3-6-14(4-2)10-11-23-19(22)21-17-13-15(8-9-16(17)20)18-7-5-12-24-18/h5,7-9,12-14H,3-4,6,10-11,20H2,1-2H3,(H,21,22). The van der Waals surface area contributed by atoms with Crippen molar-refractivity contribution in [3.63, 3.8) is 0 Å². The summed E-state index contributed by atoms with van der Waals surface area (Å²) in [5.74, 6) is 0.620. The second-order valence-corrected chi connectivity index (χ2v) is 6.84. The third-order valence-corrected chi connectivity index (χ3v) is 5.05. The van der Waals surface area contributed by atoms with E-state index >= 15 is 0 Å². The Morgan fingerprint density at radius 2 is 2.12 bits per heavy atom. The highest BCUT2D eigenvalue weighted by molar-refractivity contribution is 7.13. The van der Waals surface area contributed by atoms with E-state index in [1.165, 1.54) is 6.42 Å². The molecule has 0 fully saturated rings. The summed E-state index contributed by atoms with van der Waals surface area (Å²) in [6, 6.07) is 9.68. The summed E-state index contributed by atoms with van der Waals surface area (Å²) >= 11 is 1.65. The molecule has 3 N–H and O–H groups in total. The number of nitrogens with two attached hydrogens (primary N) is 1. The van der Waals surface area contributed by atoms with E-state index in [1.807, 2.05) is 29.6 Å². The zero-order chi connectivity index (χ0) is 17.4. The molecule has 130 valence electrons. The van der Waals surface area contributed by atoms with E-state index in [9.17, 15) is 4.79 Å². The molecular formula is C19H26N2O2S. The first kappa shape index (κ1) is 18.3. The Morgan fingerprint density at radius 1 is 1.29 bits per heavy atom. The van der Waals surface area contributed by atoms with Crippen molar-refractivity contribution >= 4 is 28.8 Å². The van der Waals surface area contributed by atoms with Crippen molar-refractivity contribution in [1.82, 2.24) is 0 Å². The summed E-state index contributed by atoms with van der Waals surface area (Å²) in [6.45, 7) is 4.80. The van der Waals surface area contributed by atoms with Gasteiger partial charge in [-0.15, -0.1) is 11.3 Å². The van der Waals surface area contributed by atoms with Gasteiger partial charge in [-0.3, -0.25) is 5.32 Å². The van der Waals surface area contributed by atoms with Crippen molar-refractivity contribution in [3.8, 4) is 10.4 Å². The molecule has 24 heavy (non-hydrogen) atoms. The molecule has 0 aliphatic rings. The number of hydrogen-bond donors (Lipinski definition) is 2. The number of rotatable bonds is 8. The highest BCUT2D eigenvalue weighted by Gasteiger charge is 2.10. The topological polar surface area (TPSA) is 64.3 Å². The lowest BCUT2D eigenvalue weighted by molar-refractivity contribution is 0.151. The number of anilines is 2. The SMILES string of the molecule is CCCC(CC)CCOC(=O)Nc1cc(-c2cccs2)ccc1N. The number of nitrogen functional groups attached to an aromatic ring is 1. The summed E-state index contributed by atoms with van der Waals surface area (Å²) in [6.07, 6.45) is 3.92. The van der Waals surface area contributed by atoms with Crippen LogP contribution in [0.25, 0.3) is 10.4 Å². The van der Waals surface area contributed by atoms with E-state index in [4.69, 9.17) is 10.5 Å². The largest absolute Gasteiger partial charge is 0.449 e. The smallest absolute Gasteiger partial charge is 0.411 e. The molecule has 0 radical (unpaired) electrons. The van der Waals surface area contributed by atoms with E-state index < -0.39 is 6.09 Å². The number of thiophene rings is 1. The number of benzene rings is 1. The number of ether oxygens (including phenoxy) is 1. The molecule has 0 saturated carbocycles. The number of carbonyl (C=O) groups is 1. The van der Waals surface area contributed by atoms with Crippen molar-refractivity contribution in [3.05, 3.63) is 35.7 Å². The Labute approximate surface area is 148 Å². The van der Waals surface area contributed by atoms with Gasteiger partial charge in [0.05, 0.1) is 18.0 Å². The van der Waals surface area contributed by atoms with Gasteiger partial charge in [0.2, 0.25) is 0 Å². The van der Waals surface area contributed by atoms with E-state index in [2.05, 4.69) is 19.2 Å². The predicted octanol–water partition coefficient (Wildman–Crippen LogP) is 5.76. The minimum atomic E-state index is -0.448. The van der Waals surface area contributed by atoms with Gasteiger partial charge >= 0.3 is 6.09 Å². The van der Waals surface area contributed by atoms with Crippen LogP contribution in [-0.2, 0) is 4.74 Å². The molecule has 5 heteroatoms. The first-order valence-corrected chi connectivity index (χ1v) is 9.39. The molecule has 0 aliphatic heterocycles. The van der Waals surface area contributed by atoms with Crippen molar-refractivity contribution in [2.75, 3.05) is 17.7 Å².